The molecule has 1 aliphatic carbocycles. The zero-order valence-corrected chi connectivity index (χ0v) is 12.8. The van der Waals surface area contributed by atoms with Crippen LogP contribution in [0.3, 0.4) is 0 Å². The van der Waals surface area contributed by atoms with Crippen molar-refractivity contribution in [1.82, 2.24) is 0 Å². The van der Waals surface area contributed by atoms with Crippen LogP contribution in [0.25, 0.3) is 12.2 Å². The molecule has 9 heteroatoms. The summed E-state index contributed by atoms with van der Waals surface area (Å²) in [5, 5.41) is 21.3. The van der Waals surface area contributed by atoms with Crippen LogP contribution >= 0.6 is 0 Å². The maximum atomic E-state index is 12.5. The van der Waals surface area contributed by atoms with Crippen molar-refractivity contribution >= 4 is 29.7 Å². The maximum Gasteiger partial charge on any atom is 0.433 e. The molecule has 0 spiro atoms. The van der Waals surface area contributed by atoms with Crippen LogP contribution in [0, 0.1) is 20.2 Å². The van der Waals surface area contributed by atoms with Gasteiger partial charge in [0.2, 0.25) is 0 Å². The lowest BCUT2D eigenvalue weighted by molar-refractivity contribution is -0.402. The molecule has 0 aliphatic heterocycles. The average molecular weight is 344 g/mol. The van der Waals surface area contributed by atoms with Gasteiger partial charge in [-0.25, -0.2) is 0 Å². The zero-order valence-electron chi connectivity index (χ0n) is 12.8. The van der Waals surface area contributed by atoms with Gasteiger partial charge in [-0.15, -0.1) is 0 Å². The highest BCUT2D eigenvalue weighted by atomic mass is 16.7. The number of carbonyl (C=O) groups is 1. The molecule has 0 aromatic carbocycles. The minimum absolute atomic E-state index is 0.227. The molecule has 2 heterocycles. The Kier molecular flexibility index (Phi) is 4.29. The van der Waals surface area contributed by atoms with Gasteiger partial charge in [-0.05, 0) is 43.5 Å². The maximum absolute atomic E-state index is 12.5. The number of nitro groups is 2. The van der Waals surface area contributed by atoms with E-state index in [1.807, 2.05) is 0 Å². The monoisotopic (exact) mass is 344 g/mol. The number of allylic oxidation sites excluding steroid dienone is 2. The van der Waals surface area contributed by atoms with Gasteiger partial charge in [0, 0.05) is 11.1 Å². The van der Waals surface area contributed by atoms with Crippen molar-refractivity contribution < 1.29 is 23.5 Å². The molecule has 3 rings (SSSR count). The van der Waals surface area contributed by atoms with Gasteiger partial charge in [-0.3, -0.25) is 25.0 Å². The Hall–Kier alpha value is -3.49. The normalized spacial score (nSPS) is 18.0. The van der Waals surface area contributed by atoms with E-state index in [0.29, 0.717) is 30.4 Å². The van der Waals surface area contributed by atoms with E-state index >= 15 is 0 Å². The predicted octanol–water partition coefficient (Wildman–Crippen LogP) is 3.91. The molecule has 0 saturated heterocycles. The van der Waals surface area contributed by atoms with E-state index in [4.69, 9.17) is 8.83 Å². The molecule has 1 aliphatic rings. The van der Waals surface area contributed by atoms with Gasteiger partial charge in [0.25, 0.3) is 0 Å². The standard InChI is InChI=1S/C16H12N2O7/c19-16-10(8-12-4-6-14(24-12)17(20)21)2-1-3-11(16)9-13-5-7-15(25-13)18(22)23/h4-9H,1-3H2. The fourth-order valence-electron chi connectivity index (χ4n) is 2.56. The Morgan fingerprint density at radius 2 is 1.28 bits per heavy atom. The predicted molar refractivity (Wildman–Crippen MR) is 85.5 cm³/mol. The highest BCUT2D eigenvalue weighted by Crippen LogP contribution is 2.30. The Morgan fingerprint density at radius 3 is 1.64 bits per heavy atom. The third kappa shape index (κ3) is 3.55. The van der Waals surface area contributed by atoms with Crippen molar-refractivity contribution in [1.29, 1.82) is 0 Å². The first-order chi connectivity index (χ1) is 11.9. The van der Waals surface area contributed by atoms with E-state index < -0.39 is 21.6 Å². The topological polar surface area (TPSA) is 130 Å². The van der Waals surface area contributed by atoms with Gasteiger partial charge in [0.15, 0.2) is 5.78 Å². The Morgan fingerprint density at radius 1 is 0.840 bits per heavy atom. The smallest absolute Gasteiger partial charge is 0.401 e. The third-order valence-electron chi connectivity index (χ3n) is 3.69. The molecule has 1 fully saturated rings. The molecule has 1 saturated carbocycles. The number of furan rings is 2. The van der Waals surface area contributed by atoms with Crippen LogP contribution in [0.5, 0.6) is 0 Å². The molecule has 0 radical (unpaired) electrons. The van der Waals surface area contributed by atoms with Crippen LogP contribution in [-0.2, 0) is 4.79 Å². The van der Waals surface area contributed by atoms with Gasteiger partial charge in [0.1, 0.15) is 21.4 Å². The molecule has 0 amide bonds. The van der Waals surface area contributed by atoms with Crippen LogP contribution in [0.4, 0.5) is 11.8 Å². The molecule has 0 atom stereocenters. The lowest BCUT2D eigenvalue weighted by Gasteiger charge is -2.15. The third-order valence-corrected chi connectivity index (χ3v) is 3.69. The first kappa shape index (κ1) is 16.4. The molecule has 2 aromatic heterocycles. The Balaban J connectivity index is 1.84. The highest BCUT2D eigenvalue weighted by molar-refractivity contribution is 6.13. The van der Waals surface area contributed by atoms with Crippen molar-refractivity contribution in [2.75, 3.05) is 0 Å². The number of carbonyl (C=O) groups excluding carboxylic acids is 1. The van der Waals surface area contributed by atoms with Gasteiger partial charge in [0.05, 0.1) is 12.1 Å². The largest absolute Gasteiger partial charge is 0.433 e. The van der Waals surface area contributed by atoms with Crippen LogP contribution in [0.1, 0.15) is 30.8 Å². The second kappa shape index (κ2) is 6.56. The summed E-state index contributed by atoms with van der Waals surface area (Å²) in [5.41, 5.74) is 0.922. The molecule has 25 heavy (non-hydrogen) atoms. The van der Waals surface area contributed by atoms with Crippen molar-refractivity contribution in [3.63, 3.8) is 0 Å². The van der Waals surface area contributed by atoms with Crippen LogP contribution in [0.15, 0.2) is 44.2 Å². The fraction of sp³-hybridized carbons (Fsp3) is 0.188. The Labute approximate surface area is 140 Å². The first-order valence-corrected chi connectivity index (χ1v) is 7.38. The minimum Gasteiger partial charge on any atom is -0.401 e. The summed E-state index contributed by atoms with van der Waals surface area (Å²) in [5.74, 6) is -0.568. The molecular weight excluding hydrogens is 332 g/mol. The molecule has 0 bridgehead atoms. The summed E-state index contributed by atoms with van der Waals surface area (Å²) in [6.45, 7) is 0. The number of hydrogen-bond acceptors (Lipinski definition) is 7. The van der Waals surface area contributed by atoms with Gasteiger partial charge in [-0.1, -0.05) is 0 Å². The van der Waals surface area contributed by atoms with Gasteiger partial charge >= 0.3 is 11.8 Å². The van der Waals surface area contributed by atoms with Crippen LogP contribution < -0.4 is 0 Å². The van der Waals surface area contributed by atoms with E-state index in [-0.39, 0.29) is 17.3 Å². The molecule has 128 valence electrons. The number of ketones is 1. The van der Waals surface area contributed by atoms with Gasteiger partial charge < -0.3 is 8.83 Å². The van der Waals surface area contributed by atoms with E-state index in [9.17, 15) is 25.0 Å². The highest BCUT2D eigenvalue weighted by Gasteiger charge is 2.22. The SMILES string of the molecule is O=C1C(=Cc2ccc([N+](=O)[O-])o2)CCCC1=Cc1ccc([N+](=O)[O-])o1. The van der Waals surface area contributed by atoms with E-state index in [1.54, 1.807) is 0 Å². The number of nitrogens with zero attached hydrogens (tertiary/aromatic N) is 2. The van der Waals surface area contributed by atoms with Crippen LogP contribution in [-0.4, -0.2) is 15.6 Å². The van der Waals surface area contributed by atoms with Crippen LogP contribution in [0.2, 0.25) is 0 Å². The lowest BCUT2D eigenvalue weighted by Crippen LogP contribution is -2.12. The number of hydrogen-bond donors (Lipinski definition) is 0. The second-order valence-electron chi connectivity index (χ2n) is 5.39. The van der Waals surface area contributed by atoms with E-state index in [2.05, 4.69) is 0 Å². The summed E-state index contributed by atoms with van der Waals surface area (Å²) >= 11 is 0. The van der Waals surface area contributed by atoms with E-state index in [0.717, 1.165) is 0 Å². The van der Waals surface area contributed by atoms with E-state index in [1.165, 1.54) is 36.4 Å². The number of Topliss-reactive ketones (excluding diaryl/α,β-unsaturated/α-hetero) is 1. The van der Waals surface area contributed by atoms with Crippen molar-refractivity contribution in [2.45, 2.75) is 19.3 Å². The van der Waals surface area contributed by atoms with Crippen molar-refractivity contribution in [3.05, 3.63) is 67.2 Å². The second-order valence-corrected chi connectivity index (χ2v) is 5.39. The quantitative estimate of drug-likeness (QED) is 0.467. The van der Waals surface area contributed by atoms with Gasteiger partial charge in [-0.2, -0.15) is 0 Å². The molecule has 2 aromatic rings. The molecule has 0 N–H and O–H groups in total. The number of rotatable bonds is 4. The summed E-state index contributed by atoms with van der Waals surface area (Å²) in [4.78, 5) is 32.5. The molecule has 9 nitrogen and oxygen atoms in total. The zero-order chi connectivity index (χ0) is 18.0. The van der Waals surface area contributed by atoms with Crippen molar-refractivity contribution in [3.8, 4) is 0 Å². The molecular formula is C16H12N2O7. The lowest BCUT2D eigenvalue weighted by atomic mass is 9.88. The minimum atomic E-state index is -0.653. The Bertz CT molecular complexity index is 844. The summed E-state index contributed by atoms with van der Waals surface area (Å²) in [7, 11) is 0. The summed E-state index contributed by atoms with van der Waals surface area (Å²) in [6, 6.07) is 5.29. The molecule has 0 unspecified atom stereocenters. The fourth-order valence-corrected chi connectivity index (χ4v) is 2.56. The van der Waals surface area contributed by atoms with Crippen molar-refractivity contribution in [2.24, 2.45) is 0 Å². The first-order valence-electron chi connectivity index (χ1n) is 7.38. The summed E-state index contributed by atoms with van der Waals surface area (Å²) < 4.78 is 10.1. The average Bonchev–Trinajstić information content (AvgIpc) is 3.20. The summed E-state index contributed by atoms with van der Waals surface area (Å²) in [6.07, 6.45) is 4.70.